The number of benzene rings is 7. The molecule has 0 aliphatic carbocycles. The summed E-state index contributed by atoms with van der Waals surface area (Å²) in [6, 6.07) is 58.0. The summed E-state index contributed by atoms with van der Waals surface area (Å²) >= 11 is 0. The quantitative estimate of drug-likeness (QED) is 0.137. The van der Waals surface area contributed by atoms with Gasteiger partial charge in [0.25, 0.3) is 0 Å². The molecule has 1 aromatic heterocycles. The highest BCUT2D eigenvalue weighted by Gasteiger charge is 2.13. The van der Waals surface area contributed by atoms with Crippen LogP contribution in [0.5, 0.6) is 0 Å². The minimum atomic E-state index is 0.423. The number of hydrogen-bond acceptors (Lipinski definition) is 3. The van der Waals surface area contributed by atoms with Crippen LogP contribution in [0.15, 0.2) is 180 Å². The first-order valence-corrected chi connectivity index (χ1v) is 17.2. The summed E-state index contributed by atoms with van der Waals surface area (Å²) in [5, 5.41) is 11.4. The Kier molecular flexibility index (Phi) is 9.51. The van der Waals surface area contributed by atoms with Crippen LogP contribution >= 0.6 is 9.24 Å². The Morgan fingerprint density at radius 3 is 1.80 bits per heavy atom. The molecule has 3 nitrogen and oxygen atoms in total. The van der Waals surface area contributed by atoms with Crippen molar-refractivity contribution in [1.29, 1.82) is 5.41 Å². The molecule has 0 fully saturated rings. The molecule has 0 saturated carbocycles. The Balaban J connectivity index is 0.000000195. The Bertz CT molecular complexity index is 2460. The van der Waals surface area contributed by atoms with Gasteiger partial charge in [-0.05, 0) is 93.1 Å². The molecule has 242 valence electrons. The molecule has 1 unspecified atom stereocenters. The fraction of sp³-hybridized carbons (Fsp3) is 0.0217. The summed E-state index contributed by atoms with van der Waals surface area (Å²) in [6.07, 6.45) is 1.69. The molecule has 0 radical (unpaired) electrons. The van der Waals surface area contributed by atoms with Crippen LogP contribution in [0.1, 0.15) is 16.7 Å². The van der Waals surface area contributed by atoms with Crippen molar-refractivity contribution in [2.45, 2.75) is 6.92 Å². The van der Waals surface area contributed by atoms with Gasteiger partial charge in [0.15, 0.2) is 0 Å². The number of hydrogen-bond donors (Lipinski definition) is 2. The lowest BCUT2D eigenvalue weighted by molar-refractivity contribution is 0.669. The summed E-state index contributed by atoms with van der Waals surface area (Å²) in [4.78, 5) is 0. The van der Waals surface area contributed by atoms with Crippen LogP contribution in [0.3, 0.4) is 0 Å². The first-order chi connectivity index (χ1) is 24.4. The van der Waals surface area contributed by atoms with E-state index in [-0.39, 0.29) is 0 Å². The number of aryl methyl sites for hydroxylation is 1. The molecule has 0 amide bonds. The van der Waals surface area contributed by atoms with E-state index in [9.17, 15) is 0 Å². The van der Waals surface area contributed by atoms with Gasteiger partial charge < -0.3 is 15.6 Å². The molecule has 1 atom stereocenters. The second-order valence-corrected chi connectivity index (χ2v) is 12.9. The number of rotatable bonds is 6. The molecule has 1 heterocycles. The molecular formula is C46H37N2OP. The van der Waals surface area contributed by atoms with Crippen molar-refractivity contribution in [3.63, 3.8) is 0 Å². The molecule has 4 heteroatoms. The van der Waals surface area contributed by atoms with Crippen molar-refractivity contribution in [2.24, 2.45) is 5.73 Å². The lowest BCUT2D eigenvalue weighted by atomic mass is 9.97. The highest BCUT2D eigenvalue weighted by atomic mass is 31.0. The number of allylic oxidation sites excluding steroid dienone is 1. The standard InChI is InChI=1S/C31H23OP.C15H14N2/c1-20-7-5-10-22(15-20)24-13-14-29-27(17-24)28-18-26(31(33)19-30(28)32-29)25-12-6-11-23(16-25)21-8-3-2-4-9-21;16-14(12-7-3-1-4-8-12)11-15(17)13-9-5-2-6-10-13/h2-19H,33H2,1H3;1-11,16H,17H2/b;15-11-,16-14?. The van der Waals surface area contributed by atoms with Gasteiger partial charge in [0.1, 0.15) is 11.2 Å². The maximum Gasteiger partial charge on any atom is 0.136 e. The van der Waals surface area contributed by atoms with E-state index in [0.29, 0.717) is 11.4 Å². The zero-order valence-corrected chi connectivity index (χ0v) is 29.0. The van der Waals surface area contributed by atoms with Crippen LogP contribution in [0.2, 0.25) is 0 Å². The summed E-state index contributed by atoms with van der Waals surface area (Å²) in [5.41, 5.74) is 19.2. The summed E-state index contributed by atoms with van der Waals surface area (Å²) in [7, 11) is 2.89. The van der Waals surface area contributed by atoms with Crippen LogP contribution < -0.4 is 11.0 Å². The third kappa shape index (κ3) is 7.20. The van der Waals surface area contributed by atoms with E-state index >= 15 is 0 Å². The third-order valence-corrected chi connectivity index (χ3v) is 9.24. The Hall–Kier alpha value is -6.02. The number of fused-ring (bicyclic) bond motifs is 3. The summed E-state index contributed by atoms with van der Waals surface area (Å²) < 4.78 is 6.22. The molecule has 0 spiro atoms. The van der Waals surface area contributed by atoms with E-state index in [1.54, 1.807) is 6.08 Å². The van der Waals surface area contributed by atoms with Crippen LogP contribution in [-0.4, -0.2) is 5.71 Å². The normalized spacial score (nSPS) is 11.3. The number of furan rings is 1. The van der Waals surface area contributed by atoms with Gasteiger partial charge in [-0.2, -0.15) is 0 Å². The van der Waals surface area contributed by atoms with Gasteiger partial charge in [-0.1, -0.05) is 145 Å². The van der Waals surface area contributed by atoms with Gasteiger partial charge in [0.2, 0.25) is 0 Å². The van der Waals surface area contributed by atoms with Crippen LogP contribution in [0, 0.1) is 12.3 Å². The van der Waals surface area contributed by atoms with Crippen LogP contribution in [-0.2, 0) is 0 Å². The molecule has 8 rings (SSSR count). The molecule has 0 saturated heterocycles. The Labute approximate surface area is 295 Å². The molecular weight excluding hydrogens is 627 g/mol. The third-order valence-electron chi connectivity index (χ3n) is 8.77. The van der Waals surface area contributed by atoms with E-state index in [1.807, 2.05) is 60.7 Å². The topological polar surface area (TPSA) is 63.0 Å². The highest BCUT2D eigenvalue weighted by molar-refractivity contribution is 7.28. The second-order valence-electron chi connectivity index (χ2n) is 12.3. The van der Waals surface area contributed by atoms with Gasteiger partial charge in [-0.3, -0.25) is 0 Å². The first-order valence-electron chi connectivity index (χ1n) is 16.6. The van der Waals surface area contributed by atoms with E-state index in [0.717, 1.165) is 38.4 Å². The van der Waals surface area contributed by atoms with Crippen molar-refractivity contribution < 1.29 is 4.42 Å². The second kappa shape index (κ2) is 14.6. The minimum absolute atomic E-state index is 0.423. The summed E-state index contributed by atoms with van der Waals surface area (Å²) in [5.74, 6) is 0. The molecule has 3 N–H and O–H groups in total. The van der Waals surface area contributed by atoms with Crippen molar-refractivity contribution in [2.75, 3.05) is 0 Å². The largest absolute Gasteiger partial charge is 0.456 e. The lowest BCUT2D eigenvalue weighted by Crippen LogP contribution is -2.02. The van der Waals surface area contributed by atoms with Gasteiger partial charge in [0, 0.05) is 16.5 Å². The zero-order valence-electron chi connectivity index (χ0n) is 27.8. The molecule has 0 aliphatic rings. The molecule has 0 aliphatic heterocycles. The smallest absolute Gasteiger partial charge is 0.136 e. The monoisotopic (exact) mass is 664 g/mol. The SMILES string of the molecule is Cc1cccc(-c2ccc3oc4cc(P)c(-c5cccc(-c6ccccc6)c5)cc4c3c2)c1.N=C(/C=C(\N)c1ccccc1)c1ccccc1. The van der Waals surface area contributed by atoms with E-state index < -0.39 is 0 Å². The van der Waals surface area contributed by atoms with Gasteiger partial charge in [-0.25, -0.2) is 0 Å². The van der Waals surface area contributed by atoms with Gasteiger partial charge in [-0.15, -0.1) is 9.24 Å². The first kappa shape index (κ1) is 32.5. The molecule has 0 bridgehead atoms. The van der Waals surface area contributed by atoms with E-state index in [4.69, 9.17) is 15.6 Å². The Morgan fingerprint density at radius 1 is 0.540 bits per heavy atom. The Morgan fingerprint density at radius 2 is 1.10 bits per heavy atom. The zero-order chi connectivity index (χ0) is 34.5. The van der Waals surface area contributed by atoms with Gasteiger partial charge in [0.05, 0.1) is 5.71 Å². The van der Waals surface area contributed by atoms with Crippen molar-refractivity contribution in [3.8, 4) is 33.4 Å². The minimum Gasteiger partial charge on any atom is -0.456 e. The average Bonchev–Trinajstić information content (AvgIpc) is 3.52. The van der Waals surface area contributed by atoms with Crippen LogP contribution in [0.4, 0.5) is 0 Å². The fourth-order valence-electron chi connectivity index (χ4n) is 6.16. The fourth-order valence-corrected chi connectivity index (χ4v) is 6.56. The van der Waals surface area contributed by atoms with Crippen molar-refractivity contribution in [1.82, 2.24) is 0 Å². The number of nitrogens with one attached hydrogen (secondary N) is 1. The van der Waals surface area contributed by atoms with Gasteiger partial charge >= 0.3 is 0 Å². The molecule has 50 heavy (non-hydrogen) atoms. The highest BCUT2D eigenvalue weighted by Crippen LogP contribution is 2.36. The maximum absolute atomic E-state index is 7.95. The molecule has 8 aromatic rings. The molecule has 7 aromatic carbocycles. The predicted octanol–water partition coefficient (Wildman–Crippen LogP) is 11.5. The predicted molar refractivity (Wildman–Crippen MR) is 216 cm³/mol. The average molecular weight is 665 g/mol. The van der Waals surface area contributed by atoms with Crippen LogP contribution in [0.25, 0.3) is 61.0 Å². The van der Waals surface area contributed by atoms with E-state index in [2.05, 4.69) is 125 Å². The summed E-state index contributed by atoms with van der Waals surface area (Å²) in [6.45, 7) is 2.13. The maximum atomic E-state index is 7.95. The number of nitrogens with two attached hydrogens (primary N) is 1. The van der Waals surface area contributed by atoms with E-state index in [1.165, 1.54) is 38.9 Å². The lowest BCUT2D eigenvalue weighted by Gasteiger charge is -2.09. The van der Waals surface area contributed by atoms with Crippen molar-refractivity contribution >= 4 is 47.9 Å². The van der Waals surface area contributed by atoms with Crippen molar-refractivity contribution in [3.05, 3.63) is 193 Å².